The Morgan fingerprint density at radius 1 is 0.460 bits per heavy atom. The molecule has 1 atom stereocenters. The molecule has 1 unspecified atom stereocenters. The highest BCUT2D eigenvalue weighted by atomic mass is 16.3. The maximum atomic E-state index is 6.28. The summed E-state index contributed by atoms with van der Waals surface area (Å²) in [6, 6.07) is 55.6. The van der Waals surface area contributed by atoms with Gasteiger partial charge in [0.05, 0.1) is 0 Å². The topological polar surface area (TPSA) is 13.1 Å². The summed E-state index contributed by atoms with van der Waals surface area (Å²) in [5, 5.41) is 9.82. The van der Waals surface area contributed by atoms with Gasteiger partial charge in [0.2, 0.25) is 0 Å². The van der Waals surface area contributed by atoms with Crippen molar-refractivity contribution in [3.05, 3.63) is 181 Å². The Hall–Kier alpha value is -6.18. The molecule has 0 N–H and O–H groups in total. The van der Waals surface area contributed by atoms with E-state index in [0.29, 0.717) is 5.92 Å². The van der Waals surface area contributed by atoms with E-state index < -0.39 is 0 Å². The fraction of sp³-hybridized carbons (Fsp3) is 0.0612. The molecule has 0 amide bonds. The third kappa shape index (κ3) is 4.70. The lowest BCUT2D eigenvalue weighted by atomic mass is 9.84. The summed E-state index contributed by atoms with van der Waals surface area (Å²) >= 11 is 0. The summed E-state index contributed by atoms with van der Waals surface area (Å²) < 4.78 is 6.28. The molecule has 0 saturated heterocycles. The van der Waals surface area contributed by atoms with Gasteiger partial charge in [-0.25, -0.2) is 0 Å². The van der Waals surface area contributed by atoms with Gasteiger partial charge in [0.15, 0.2) is 0 Å². The summed E-state index contributed by atoms with van der Waals surface area (Å²) in [4.78, 5) is 0. The van der Waals surface area contributed by atoms with Crippen LogP contribution in [0.5, 0.6) is 0 Å². The number of benzene rings is 8. The molecule has 0 fully saturated rings. The number of allylic oxidation sites excluding steroid dienone is 4. The first-order valence-electron chi connectivity index (χ1n) is 17.5. The highest BCUT2D eigenvalue weighted by Gasteiger charge is 2.18. The minimum Gasteiger partial charge on any atom is -0.456 e. The van der Waals surface area contributed by atoms with Gasteiger partial charge in [0, 0.05) is 16.7 Å². The molecule has 1 nitrogen and oxygen atoms in total. The van der Waals surface area contributed by atoms with Crippen LogP contribution in [-0.4, -0.2) is 0 Å². The van der Waals surface area contributed by atoms with Crippen molar-refractivity contribution in [3.63, 3.8) is 0 Å². The zero-order valence-electron chi connectivity index (χ0n) is 27.9. The molecule has 0 spiro atoms. The highest BCUT2D eigenvalue weighted by molar-refractivity contribution is 6.21. The smallest absolute Gasteiger partial charge is 0.136 e. The van der Waals surface area contributed by atoms with Gasteiger partial charge in [-0.3, -0.25) is 0 Å². The molecule has 0 bridgehead atoms. The van der Waals surface area contributed by atoms with Gasteiger partial charge in [-0.2, -0.15) is 0 Å². The minimum absolute atomic E-state index is 0.438. The Balaban J connectivity index is 1.07. The maximum Gasteiger partial charge on any atom is 0.136 e. The molecule has 1 aliphatic carbocycles. The van der Waals surface area contributed by atoms with E-state index in [1.807, 2.05) is 0 Å². The predicted octanol–water partition coefficient (Wildman–Crippen LogP) is 14.0. The van der Waals surface area contributed by atoms with Crippen LogP contribution in [0.1, 0.15) is 24.8 Å². The van der Waals surface area contributed by atoms with Crippen molar-refractivity contribution < 1.29 is 4.42 Å². The third-order valence-corrected chi connectivity index (χ3v) is 10.7. The van der Waals surface area contributed by atoms with E-state index in [0.717, 1.165) is 28.4 Å². The molecule has 0 radical (unpaired) electrons. The molecule has 0 saturated carbocycles. The second-order valence-corrected chi connectivity index (χ2v) is 13.7. The molecule has 1 heterocycles. The number of fused-ring (bicyclic) bond motifs is 6. The monoisotopic (exact) mass is 638 g/mol. The second kappa shape index (κ2) is 11.5. The van der Waals surface area contributed by atoms with Crippen LogP contribution in [0, 0.1) is 0 Å². The summed E-state index contributed by atoms with van der Waals surface area (Å²) in [6.07, 6.45) is 7.99. The first kappa shape index (κ1) is 28.8. The Bertz CT molecular complexity index is 2770. The summed E-state index contributed by atoms with van der Waals surface area (Å²) in [6.45, 7) is 2.18. The molecule has 8 aromatic carbocycles. The number of hydrogen-bond donors (Lipinski definition) is 0. The zero-order valence-corrected chi connectivity index (χ0v) is 27.9. The molecular formula is C49H34O. The fourth-order valence-electron chi connectivity index (χ4n) is 8.09. The summed E-state index contributed by atoms with van der Waals surface area (Å²) in [7, 11) is 0. The first-order chi connectivity index (χ1) is 24.7. The average Bonchev–Trinajstić information content (AvgIpc) is 3.53. The number of hydrogen-bond acceptors (Lipinski definition) is 1. The van der Waals surface area contributed by atoms with Crippen LogP contribution in [0.2, 0.25) is 0 Å². The number of furan rings is 1. The van der Waals surface area contributed by atoms with Crippen LogP contribution in [0.15, 0.2) is 180 Å². The van der Waals surface area contributed by atoms with Crippen LogP contribution in [0.25, 0.3) is 87.6 Å². The van der Waals surface area contributed by atoms with Crippen LogP contribution >= 0.6 is 0 Å². The first-order valence-corrected chi connectivity index (χ1v) is 17.5. The largest absolute Gasteiger partial charge is 0.456 e. The van der Waals surface area contributed by atoms with Crippen molar-refractivity contribution in [1.29, 1.82) is 0 Å². The fourth-order valence-corrected chi connectivity index (χ4v) is 8.09. The Morgan fingerprint density at radius 2 is 0.980 bits per heavy atom. The average molecular weight is 639 g/mol. The molecule has 9 aromatic rings. The normalized spacial score (nSPS) is 14.7. The van der Waals surface area contributed by atoms with Crippen molar-refractivity contribution in [2.75, 3.05) is 0 Å². The zero-order chi connectivity index (χ0) is 33.2. The van der Waals surface area contributed by atoms with Gasteiger partial charge in [0.1, 0.15) is 11.2 Å². The van der Waals surface area contributed by atoms with E-state index in [1.165, 1.54) is 76.8 Å². The highest BCUT2D eigenvalue weighted by Crippen LogP contribution is 2.44. The standard InChI is InChI=1S/C49H34O/c1-31-14-16-32(17-15-31)33-18-22-35(23-19-33)48-40-10-4-6-12-42(40)49(43-13-7-5-11-41(43)48)36-24-20-34(21-25-36)39-26-27-46-44(29-39)45-28-37-8-2-3-9-38(37)30-47(45)50-46/h2-16,18-30,32H,17H2,1H3. The maximum absolute atomic E-state index is 6.28. The van der Waals surface area contributed by atoms with E-state index in [2.05, 4.69) is 177 Å². The van der Waals surface area contributed by atoms with Gasteiger partial charge in [-0.15, -0.1) is 0 Å². The summed E-state index contributed by atoms with van der Waals surface area (Å²) in [5.41, 5.74) is 12.0. The van der Waals surface area contributed by atoms with Gasteiger partial charge in [0.25, 0.3) is 0 Å². The van der Waals surface area contributed by atoms with Crippen molar-refractivity contribution in [2.24, 2.45) is 0 Å². The van der Waals surface area contributed by atoms with E-state index in [-0.39, 0.29) is 0 Å². The number of rotatable bonds is 4. The van der Waals surface area contributed by atoms with Crippen molar-refractivity contribution in [1.82, 2.24) is 0 Å². The van der Waals surface area contributed by atoms with E-state index in [1.54, 1.807) is 0 Å². The van der Waals surface area contributed by atoms with Gasteiger partial charge >= 0.3 is 0 Å². The Kier molecular flexibility index (Phi) is 6.60. The third-order valence-electron chi connectivity index (χ3n) is 10.7. The van der Waals surface area contributed by atoms with Gasteiger partial charge in [-0.05, 0) is 109 Å². The molecule has 0 aliphatic heterocycles. The van der Waals surface area contributed by atoms with Crippen LogP contribution in [0.4, 0.5) is 0 Å². The van der Waals surface area contributed by atoms with E-state index >= 15 is 0 Å². The molecule has 1 aliphatic rings. The molecule has 236 valence electrons. The lowest BCUT2D eigenvalue weighted by Crippen LogP contribution is -1.98. The van der Waals surface area contributed by atoms with Gasteiger partial charge < -0.3 is 4.42 Å². The lowest BCUT2D eigenvalue weighted by Gasteiger charge is -2.19. The minimum atomic E-state index is 0.438. The lowest BCUT2D eigenvalue weighted by molar-refractivity contribution is 0.669. The van der Waals surface area contributed by atoms with E-state index in [9.17, 15) is 0 Å². The van der Waals surface area contributed by atoms with Crippen molar-refractivity contribution in [2.45, 2.75) is 19.3 Å². The van der Waals surface area contributed by atoms with Crippen molar-refractivity contribution in [3.8, 4) is 33.4 Å². The quantitative estimate of drug-likeness (QED) is 0.175. The van der Waals surface area contributed by atoms with Gasteiger partial charge in [-0.1, -0.05) is 151 Å². The molecule has 1 aromatic heterocycles. The van der Waals surface area contributed by atoms with Crippen LogP contribution < -0.4 is 0 Å². The van der Waals surface area contributed by atoms with Crippen LogP contribution in [0.3, 0.4) is 0 Å². The van der Waals surface area contributed by atoms with E-state index in [4.69, 9.17) is 4.42 Å². The van der Waals surface area contributed by atoms with Crippen molar-refractivity contribution >= 4 is 54.3 Å². The van der Waals surface area contributed by atoms with Crippen LogP contribution in [-0.2, 0) is 0 Å². The predicted molar refractivity (Wildman–Crippen MR) is 213 cm³/mol. The SMILES string of the molecule is CC1=CCC(c2ccc(-c3c4ccccc4c(-c4ccc(-c5ccc6oc7cc8ccccc8cc7c6c5)cc4)c4ccccc34)cc2)C=C1. The Morgan fingerprint density at radius 3 is 1.58 bits per heavy atom. The molecule has 10 rings (SSSR count). The summed E-state index contributed by atoms with van der Waals surface area (Å²) in [5.74, 6) is 0.438. The second-order valence-electron chi connectivity index (χ2n) is 13.7. The molecule has 50 heavy (non-hydrogen) atoms. The Labute approximate surface area is 291 Å². The molecular weight excluding hydrogens is 605 g/mol. The molecule has 1 heteroatoms.